The van der Waals surface area contributed by atoms with Gasteiger partial charge in [-0.3, -0.25) is 14.4 Å². The topological polar surface area (TPSA) is 135 Å². The van der Waals surface area contributed by atoms with Gasteiger partial charge in [-0.25, -0.2) is 8.42 Å². The first kappa shape index (κ1) is 22.7. The molecule has 4 rings (SSSR count). The van der Waals surface area contributed by atoms with E-state index in [1.165, 1.54) is 28.6 Å². The summed E-state index contributed by atoms with van der Waals surface area (Å²) >= 11 is 0. The van der Waals surface area contributed by atoms with Crippen LogP contribution < -0.4 is 21.3 Å². The van der Waals surface area contributed by atoms with Gasteiger partial charge in [0.05, 0.1) is 27.3 Å². The smallest absolute Gasteiger partial charge is 0.314 e. The van der Waals surface area contributed by atoms with E-state index in [1.54, 1.807) is 31.1 Å². The fourth-order valence-electron chi connectivity index (χ4n) is 3.87. The third kappa shape index (κ3) is 4.55. The summed E-state index contributed by atoms with van der Waals surface area (Å²) in [5, 5.41) is 2.79. The minimum Gasteiger partial charge on any atom is -0.376 e. The summed E-state index contributed by atoms with van der Waals surface area (Å²) in [6.07, 6.45) is 2.67. The van der Waals surface area contributed by atoms with E-state index in [2.05, 4.69) is 15.3 Å². The van der Waals surface area contributed by atoms with E-state index in [4.69, 9.17) is 0 Å². The van der Waals surface area contributed by atoms with E-state index in [-0.39, 0.29) is 10.5 Å². The highest BCUT2D eigenvalue weighted by molar-refractivity contribution is 7.89. The number of aromatic nitrogens is 2. The molecule has 10 nitrogen and oxygen atoms in total. The highest BCUT2D eigenvalue weighted by atomic mass is 32.2. The van der Waals surface area contributed by atoms with Gasteiger partial charge in [0.1, 0.15) is 0 Å². The molecule has 1 saturated heterocycles. The van der Waals surface area contributed by atoms with E-state index in [9.17, 15) is 22.8 Å². The first-order chi connectivity index (χ1) is 15.7. The Morgan fingerprint density at radius 3 is 2.27 bits per heavy atom. The number of aromatic amines is 2. The average molecular weight is 472 g/mol. The molecule has 1 aliphatic heterocycles. The molecule has 0 bridgehead atoms. The number of nitrogens with zero attached hydrogens (tertiary/aromatic N) is 2. The lowest BCUT2D eigenvalue weighted by atomic mass is 10.1. The number of hydrogen-bond donors (Lipinski definition) is 3. The summed E-state index contributed by atoms with van der Waals surface area (Å²) in [7, 11) is -0.0899. The van der Waals surface area contributed by atoms with Crippen molar-refractivity contribution in [2.24, 2.45) is 0 Å². The molecule has 3 aromatic rings. The van der Waals surface area contributed by atoms with Gasteiger partial charge >= 0.3 is 11.1 Å². The second-order valence-corrected chi connectivity index (χ2v) is 10.1. The molecule has 0 atom stereocenters. The van der Waals surface area contributed by atoms with Crippen LogP contribution >= 0.6 is 0 Å². The number of carbonyl (C=O) groups excluding carboxylic acids is 1. The van der Waals surface area contributed by atoms with Crippen LogP contribution in [0.1, 0.15) is 29.6 Å². The predicted octanol–water partition coefficient (Wildman–Crippen LogP) is 1.71. The van der Waals surface area contributed by atoms with E-state index in [1.807, 2.05) is 0 Å². The second-order valence-electron chi connectivity index (χ2n) is 8.16. The number of H-pyrrole nitrogens is 2. The zero-order chi connectivity index (χ0) is 23.8. The maximum Gasteiger partial charge on any atom is 0.314 e. The van der Waals surface area contributed by atoms with E-state index < -0.39 is 27.0 Å². The fraction of sp³-hybridized carbons (Fsp3) is 0.318. The van der Waals surface area contributed by atoms with Crippen LogP contribution in [-0.4, -0.2) is 55.8 Å². The highest BCUT2D eigenvalue weighted by Gasteiger charge is 2.27. The molecule has 2 aromatic carbocycles. The van der Waals surface area contributed by atoms with Crippen molar-refractivity contribution in [3.05, 3.63) is 62.7 Å². The molecule has 1 fully saturated rings. The Bertz CT molecular complexity index is 1440. The van der Waals surface area contributed by atoms with Crippen LogP contribution in [0.2, 0.25) is 0 Å². The fourth-order valence-corrected chi connectivity index (χ4v) is 5.41. The zero-order valence-corrected chi connectivity index (χ0v) is 19.2. The van der Waals surface area contributed by atoms with Crippen LogP contribution in [0.25, 0.3) is 11.0 Å². The van der Waals surface area contributed by atoms with Crippen molar-refractivity contribution in [1.29, 1.82) is 0 Å². The zero-order valence-electron chi connectivity index (χ0n) is 18.3. The summed E-state index contributed by atoms with van der Waals surface area (Å²) in [5.74, 6) is -0.487. The molecule has 3 N–H and O–H groups in total. The van der Waals surface area contributed by atoms with Gasteiger partial charge < -0.3 is 20.2 Å². The molecule has 33 heavy (non-hydrogen) atoms. The minimum atomic E-state index is -3.68. The van der Waals surface area contributed by atoms with Gasteiger partial charge in [0.15, 0.2) is 0 Å². The van der Waals surface area contributed by atoms with Crippen molar-refractivity contribution in [2.45, 2.75) is 24.2 Å². The first-order valence-electron chi connectivity index (χ1n) is 10.6. The van der Waals surface area contributed by atoms with Crippen LogP contribution in [0.5, 0.6) is 0 Å². The standard InChI is InChI=1S/C22H25N5O5S/c1-26(2)19-9-7-15(33(31,32)27-10-4-3-5-11-27)13-18(19)25-20(28)14-6-8-16-17(12-14)24-22(30)21(29)23-16/h6-9,12-13H,3-5,10-11H2,1-2H3,(H,23,29)(H,24,30)(H,25,28). The second kappa shape index (κ2) is 8.83. The number of amides is 1. The number of piperidine rings is 1. The molecule has 0 unspecified atom stereocenters. The van der Waals surface area contributed by atoms with Gasteiger partial charge in [0.2, 0.25) is 10.0 Å². The third-order valence-corrected chi connectivity index (χ3v) is 7.53. The number of benzene rings is 2. The number of carbonyl (C=O) groups is 1. The van der Waals surface area contributed by atoms with Gasteiger partial charge in [-0.1, -0.05) is 6.42 Å². The van der Waals surface area contributed by atoms with Crippen LogP contribution in [0, 0.1) is 0 Å². The lowest BCUT2D eigenvalue weighted by Crippen LogP contribution is -2.35. The van der Waals surface area contributed by atoms with E-state index in [0.29, 0.717) is 35.5 Å². The van der Waals surface area contributed by atoms with Crippen LogP contribution in [-0.2, 0) is 10.0 Å². The van der Waals surface area contributed by atoms with Gasteiger partial charge in [-0.15, -0.1) is 0 Å². The quantitative estimate of drug-likeness (QED) is 0.485. The largest absolute Gasteiger partial charge is 0.376 e. The number of anilines is 2. The maximum absolute atomic E-state index is 13.1. The molecule has 0 radical (unpaired) electrons. The molecular weight excluding hydrogens is 446 g/mol. The number of sulfonamides is 1. The molecule has 1 amide bonds. The monoisotopic (exact) mass is 471 g/mol. The van der Waals surface area contributed by atoms with Crippen molar-refractivity contribution in [1.82, 2.24) is 14.3 Å². The number of fused-ring (bicyclic) bond motifs is 1. The molecule has 0 aliphatic carbocycles. The summed E-state index contributed by atoms with van der Waals surface area (Å²) in [6, 6.07) is 9.16. The summed E-state index contributed by atoms with van der Waals surface area (Å²) in [5.41, 5.74) is 0.325. The van der Waals surface area contributed by atoms with Crippen LogP contribution in [0.15, 0.2) is 50.9 Å². The van der Waals surface area contributed by atoms with Gasteiger partial charge in [0, 0.05) is 32.7 Å². The SMILES string of the molecule is CN(C)c1ccc(S(=O)(=O)N2CCCCC2)cc1NC(=O)c1ccc2[nH]c(=O)c(=O)[nH]c2c1. The van der Waals surface area contributed by atoms with Gasteiger partial charge in [-0.2, -0.15) is 4.31 Å². The van der Waals surface area contributed by atoms with Crippen molar-refractivity contribution < 1.29 is 13.2 Å². The van der Waals surface area contributed by atoms with E-state index >= 15 is 0 Å². The van der Waals surface area contributed by atoms with Gasteiger partial charge in [-0.05, 0) is 49.2 Å². The molecule has 11 heteroatoms. The summed E-state index contributed by atoms with van der Waals surface area (Å²) in [4.78, 5) is 42.9. The Morgan fingerprint density at radius 2 is 1.61 bits per heavy atom. The Morgan fingerprint density at radius 1 is 0.939 bits per heavy atom. The molecular formula is C22H25N5O5S. The Hall–Kier alpha value is -3.44. The number of hydrogen-bond acceptors (Lipinski definition) is 6. The van der Waals surface area contributed by atoms with Crippen molar-refractivity contribution in [3.63, 3.8) is 0 Å². The van der Waals surface area contributed by atoms with Gasteiger partial charge in [0.25, 0.3) is 5.91 Å². The Balaban J connectivity index is 1.69. The van der Waals surface area contributed by atoms with Crippen molar-refractivity contribution in [3.8, 4) is 0 Å². The lowest BCUT2D eigenvalue weighted by Gasteiger charge is -2.26. The average Bonchev–Trinajstić information content (AvgIpc) is 2.80. The van der Waals surface area contributed by atoms with Crippen molar-refractivity contribution >= 4 is 38.3 Å². The van der Waals surface area contributed by atoms with Crippen LogP contribution in [0.4, 0.5) is 11.4 Å². The van der Waals surface area contributed by atoms with E-state index in [0.717, 1.165) is 19.3 Å². The Kier molecular flexibility index (Phi) is 6.09. The normalized spacial score (nSPS) is 14.8. The summed E-state index contributed by atoms with van der Waals surface area (Å²) < 4.78 is 27.7. The molecule has 174 valence electrons. The number of nitrogens with one attached hydrogen (secondary N) is 3. The van der Waals surface area contributed by atoms with Crippen molar-refractivity contribution in [2.75, 3.05) is 37.4 Å². The van der Waals surface area contributed by atoms with Crippen LogP contribution in [0.3, 0.4) is 0 Å². The molecule has 2 heterocycles. The minimum absolute atomic E-state index is 0.116. The Labute approximate surface area is 190 Å². The maximum atomic E-state index is 13.1. The first-order valence-corrected chi connectivity index (χ1v) is 12.0. The number of rotatable bonds is 5. The molecule has 0 saturated carbocycles. The molecule has 0 spiro atoms. The highest BCUT2D eigenvalue weighted by Crippen LogP contribution is 2.30. The lowest BCUT2D eigenvalue weighted by molar-refractivity contribution is 0.102. The molecule has 1 aliphatic rings. The predicted molar refractivity (Wildman–Crippen MR) is 127 cm³/mol. The molecule has 1 aromatic heterocycles. The summed E-state index contributed by atoms with van der Waals surface area (Å²) in [6.45, 7) is 0.966. The third-order valence-electron chi connectivity index (χ3n) is 5.64.